The van der Waals surface area contributed by atoms with E-state index in [0.717, 1.165) is 24.3 Å². The standard InChI is InChI=1S/C7H18OS2/c1-4-6-9-10(3,8)7-5-2/h10H,4-7H2,1-3H3. The Labute approximate surface area is 68.8 Å². The van der Waals surface area contributed by atoms with Crippen LogP contribution < -0.4 is 0 Å². The van der Waals surface area contributed by atoms with E-state index in [4.69, 9.17) is 0 Å². The van der Waals surface area contributed by atoms with Gasteiger partial charge in [0.15, 0.2) is 0 Å². The zero-order valence-corrected chi connectivity index (χ0v) is 8.80. The molecule has 64 valence electrons. The average Bonchev–Trinajstić information content (AvgIpc) is 1.84. The number of rotatable bonds is 5. The van der Waals surface area contributed by atoms with Gasteiger partial charge in [0.05, 0.1) is 0 Å². The van der Waals surface area contributed by atoms with Gasteiger partial charge in [-0.15, -0.1) is 0 Å². The van der Waals surface area contributed by atoms with Crippen LogP contribution in [0.3, 0.4) is 0 Å². The van der Waals surface area contributed by atoms with Gasteiger partial charge in [-0.2, -0.15) is 0 Å². The Morgan fingerprint density at radius 3 is 2.30 bits per heavy atom. The molecule has 0 atom stereocenters. The van der Waals surface area contributed by atoms with Crippen molar-refractivity contribution in [3.05, 3.63) is 0 Å². The molecule has 0 aromatic rings. The third kappa shape index (κ3) is 5.30. The van der Waals surface area contributed by atoms with Gasteiger partial charge in [0, 0.05) is 11.5 Å². The van der Waals surface area contributed by atoms with Gasteiger partial charge in [0.2, 0.25) is 0 Å². The van der Waals surface area contributed by atoms with Crippen molar-refractivity contribution in [2.75, 3.05) is 17.8 Å². The Bertz CT molecular complexity index is 123. The molecule has 0 fully saturated rings. The Morgan fingerprint density at radius 2 is 1.90 bits per heavy atom. The molecule has 1 nitrogen and oxygen atoms in total. The third-order valence-electron chi connectivity index (χ3n) is 1.20. The van der Waals surface area contributed by atoms with E-state index < -0.39 is 8.96 Å². The molecule has 0 N–H and O–H groups in total. The largest absolute Gasteiger partial charge is 0.275 e. The minimum atomic E-state index is -1.79. The van der Waals surface area contributed by atoms with Gasteiger partial charge in [-0.25, -0.2) is 0 Å². The van der Waals surface area contributed by atoms with Gasteiger partial charge in [0.25, 0.3) is 0 Å². The second-order valence-electron chi connectivity index (χ2n) is 2.57. The van der Waals surface area contributed by atoms with Gasteiger partial charge in [-0.1, -0.05) is 33.6 Å². The first kappa shape index (κ1) is 10.5. The highest BCUT2D eigenvalue weighted by molar-refractivity contribution is 8.76. The first-order valence-corrected chi connectivity index (χ1v) is 7.76. The fraction of sp³-hybridized carbons (Fsp3) is 1.00. The summed E-state index contributed by atoms with van der Waals surface area (Å²) in [5.74, 6) is 1.95. The Morgan fingerprint density at radius 1 is 1.30 bits per heavy atom. The molecule has 0 aliphatic heterocycles. The van der Waals surface area contributed by atoms with E-state index in [9.17, 15) is 4.21 Å². The van der Waals surface area contributed by atoms with Crippen molar-refractivity contribution in [3.63, 3.8) is 0 Å². The fourth-order valence-electron chi connectivity index (χ4n) is 0.755. The third-order valence-corrected chi connectivity index (χ3v) is 6.33. The van der Waals surface area contributed by atoms with Gasteiger partial charge >= 0.3 is 0 Å². The Kier molecular flexibility index (Phi) is 5.45. The lowest BCUT2D eigenvalue weighted by Gasteiger charge is -2.15. The van der Waals surface area contributed by atoms with Crippen molar-refractivity contribution in [3.8, 4) is 0 Å². The molecule has 0 unspecified atom stereocenters. The van der Waals surface area contributed by atoms with Gasteiger partial charge in [-0.3, -0.25) is 4.21 Å². The summed E-state index contributed by atoms with van der Waals surface area (Å²) >= 11 is 0. The molecule has 0 aliphatic rings. The summed E-state index contributed by atoms with van der Waals surface area (Å²) in [7, 11) is -0.134. The zero-order valence-electron chi connectivity index (χ0n) is 7.09. The lowest BCUT2D eigenvalue weighted by Crippen LogP contribution is -2.08. The van der Waals surface area contributed by atoms with Crippen molar-refractivity contribution in [1.29, 1.82) is 0 Å². The predicted octanol–water partition coefficient (Wildman–Crippen LogP) is 2.10. The van der Waals surface area contributed by atoms with Crippen LogP contribution in [-0.2, 0) is 8.96 Å². The molecule has 0 aromatic heterocycles. The molecule has 0 aromatic carbocycles. The van der Waals surface area contributed by atoms with Crippen molar-refractivity contribution in [2.45, 2.75) is 26.7 Å². The van der Waals surface area contributed by atoms with E-state index in [1.807, 2.05) is 6.26 Å². The molecule has 0 saturated heterocycles. The SMILES string of the molecule is CCCS[SH](C)(=O)CCC. The molecule has 0 radical (unpaired) electrons. The van der Waals surface area contributed by atoms with Gasteiger partial charge < -0.3 is 0 Å². The van der Waals surface area contributed by atoms with Crippen LogP contribution in [0.5, 0.6) is 0 Å². The maximum atomic E-state index is 11.5. The maximum Gasteiger partial charge on any atom is 0.00914 e. The second-order valence-corrected chi connectivity index (χ2v) is 8.80. The predicted molar refractivity (Wildman–Crippen MR) is 53.4 cm³/mol. The summed E-state index contributed by atoms with van der Waals surface area (Å²) in [5.41, 5.74) is 0. The highest BCUT2D eigenvalue weighted by Crippen LogP contribution is 2.20. The number of hydrogen-bond acceptors (Lipinski definition) is 2. The van der Waals surface area contributed by atoms with Crippen LogP contribution >= 0.6 is 10.8 Å². The second kappa shape index (κ2) is 5.19. The molecule has 10 heavy (non-hydrogen) atoms. The van der Waals surface area contributed by atoms with Gasteiger partial charge in [0.1, 0.15) is 0 Å². The molecule has 0 amide bonds. The van der Waals surface area contributed by atoms with Crippen LogP contribution in [0.4, 0.5) is 0 Å². The van der Waals surface area contributed by atoms with E-state index in [1.54, 1.807) is 10.8 Å². The van der Waals surface area contributed by atoms with Gasteiger partial charge in [-0.05, 0) is 19.1 Å². The van der Waals surface area contributed by atoms with E-state index in [2.05, 4.69) is 13.8 Å². The summed E-state index contributed by atoms with van der Waals surface area (Å²) in [6, 6.07) is 0. The van der Waals surface area contributed by atoms with Crippen LogP contribution in [0, 0.1) is 0 Å². The smallest absolute Gasteiger partial charge is 0.00914 e. The number of hydrogen-bond donors (Lipinski definition) is 1. The molecule has 0 aliphatic carbocycles. The molecule has 0 rings (SSSR count). The lowest BCUT2D eigenvalue weighted by atomic mass is 10.6. The summed E-state index contributed by atoms with van der Waals surface area (Å²) < 4.78 is 11.5. The topological polar surface area (TPSA) is 17.1 Å². The minimum absolute atomic E-state index is 0.900. The summed E-state index contributed by atoms with van der Waals surface area (Å²) in [6.07, 6.45) is 4.08. The molecular formula is C7H18OS2. The van der Waals surface area contributed by atoms with Crippen molar-refractivity contribution in [1.82, 2.24) is 0 Å². The molecule has 0 spiro atoms. The van der Waals surface area contributed by atoms with Crippen LogP contribution in [0.25, 0.3) is 0 Å². The van der Waals surface area contributed by atoms with Crippen LogP contribution in [-0.4, -0.2) is 22.0 Å². The summed E-state index contributed by atoms with van der Waals surface area (Å²) in [4.78, 5) is 0. The maximum absolute atomic E-state index is 11.5. The Hall–Kier alpha value is 0.500. The molecule has 0 heterocycles. The summed E-state index contributed by atoms with van der Waals surface area (Å²) in [6.45, 7) is 4.21. The number of thiol groups is 1. The fourth-order valence-corrected chi connectivity index (χ4v) is 4.91. The van der Waals surface area contributed by atoms with Crippen LogP contribution in [0.15, 0.2) is 0 Å². The van der Waals surface area contributed by atoms with Crippen LogP contribution in [0.2, 0.25) is 0 Å². The highest BCUT2D eigenvalue weighted by atomic mass is 33.2. The van der Waals surface area contributed by atoms with Crippen molar-refractivity contribution in [2.24, 2.45) is 0 Å². The van der Waals surface area contributed by atoms with Crippen LogP contribution in [0.1, 0.15) is 26.7 Å². The quantitative estimate of drug-likeness (QED) is 0.518. The van der Waals surface area contributed by atoms with E-state index in [-0.39, 0.29) is 0 Å². The minimum Gasteiger partial charge on any atom is -0.275 e. The van der Waals surface area contributed by atoms with E-state index >= 15 is 0 Å². The monoisotopic (exact) mass is 182 g/mol. The first-order valence-electron chi connectivity index (χ1n) is 3.83. The molecule has 3 heteroatoms. The summed E-state index contributed by atoms with van der Waals surface area (Å²) in [5, 5.41) is 0. The lowest BCUT2D eigenvalue weighted by molar-refractivity contribution is 0.683. The van der Waals surface area contributed by atoms with E-state index in [0.29, 0.717) is 0 Å². The molecule has 0 bridgehead atoms. The molecular weight excluding hydrogens is 164 g/mol. The Balaban J connectivity index is 3.53. The first-order chi connectivity index (χ1) is 4.62. The van der Waals surface area contributed by atoms with E-state index in [1.165, 1.54) is 0 Å². The highest BCUT2D eigenvalue weighted by Gasteiger charge is 2.05. The van der Waals surface area contributed by atoms with Crippen molar-refractivity contribution < 1.29 is 4.21 Å². The zero-order chi connectivity index (χ0) is 8.04. The van der Waals surface area contributed by atoms with Crippen molar-refractivity contribution >= 4 is 19.8 Å². The normalized spacial score (nSPS) is 13.5. The molecule has 0 saturated carbocycles. The average molecular weight is 182 g/mol.